The van der Waals surface area contributed by atoms with E-state index in [1.807, 2.05) is 33.8 Å². The van der Waals surface area contributed by atoms with Gasteiger partial charge in [-0.15, -0.1) is 0 Å². The smallest absolute Gasteiger partial charge is 0.410 e. The number of likely N-dealkylation sites (tertiary alicyclic amines) is 1. The number of H-pyrrole nitrogens is 1. The van der Waals surface area contributed by atoms with Crippen molar-refractivity contribution >= 4 is 23.8 Å². The molecule has 1 fully saturated rings. The quantitative estimate of drug-likeness (QED) is 0.391. The molecule has 1 atom stereocenters. The molecule has 1 aliphatic heterocycles. The largest absolute Gasteiger partial charge is 0.461 e. The van der Waals surface area contributed by atoms with Crippen LogP contribution in [0.25, 0.3) is 11.3 Å². The molecule has 4 rings (SSSR count). The van der Waals surface area contributed by atoms with E-state index < -0.39 is 17.7 Å². The maximum Gasteiger partial charge on any atom is 0.410 e. The fourth-order valence-electron chi connectivity index (χ4n) is 4.37. The van der Waals surface area contributed by atoms with Gasteiger partial charge in [-0.25, -0.2) is 19.6 Å². The van der Waals surface area contributed by atoms with E-state index in [2.05, 4.69) is 15.3 Å². The molecule has 2 amide bonds. The Morgan fingerprint density at radius 3 is 2.49 bits per heavy atom. The number of rotatable bonds is 6. The molecule has 10 heteroatoms. The van der Waals surface area contributed by atoms with Crippen molar-refractivity contribution in [1.29, 1.82) is 0 Å². The summed E-state index contributed by atoms with van der Waals surface area (Å²) in [5.41, 5.74) is 2.01. The number of carbonyl (C=O) groups is 3. The molecule has 1 unspecified atom stereocenters. The van der Waals surface area contributed by atoms with Crippen LogP contribution in [-0.4, -0.2) is 56.6 Å². The van der Waals surface area contributed by atoms with Crippen LogP contribution in [0.15, 0.2) is 42.6 Å². The molecule has 0 aliphatic carbocycles. The second-order valence-corrected chi connectivity index (χ2v) is 10.5. The van der Waals surface area contributed by atoms with Gasteiger partial charge in [-0.2, -0.15) is 0 Å². The zero-order valence-electron chi connectivity index (χ0n) is 23.0. The van der Waals surface area contributed by atoms with E-state index in [-0.39, 0.29) is 24.2 Å². The van der Waals surface area contributed by atoms with E-state index in [4.69, 9.17) is 14.5 Å². The molecule has 1 aromatic carbocycles. The first-order chi connectivity index (χ1) is 18.6. The Bertz CT molecular complexity index is 1330. The minimum Gasteiger partial charge on any atom is -0.461 e. The van der Waals surface area contributed by atoms with Crippen LogP contribution >= 0.6 is 0 Å². The van der Waals surface area contributed by atoms with Crippen LogP contribution in [-0.2, 0) is 9.47 Å². The van der Waals surface area contributed by atoms with Crippen molar-refractivity contribution in [2.45, 2.75) is 65.5 Å². The van der Waals surface area contributed by atoms with Crippen LogP contribution in [0.5, 0.6) is 0 Å². The van der Waals surface area contributed by atoms with Crippen molar-refractivity contribution in [3.63, 3.8) is 0 Å². The summed E-state index contributed by atoms with van der Waals surface area (Å²) in [5, 5.41) is 2.77. The topological polar surface area (TPSA) is 127 Å². The van der Waals surface area contributed by atoms with Gasteiger partial charge in [0.15, 0.2) is 5.69 Å². The molecule has 206 valence electrons. The Balaban J connectivity index is 1.62. The number of imidazole rings is 1. The maximum atomic E-state index is 13.0. The van der Waals surface area contributed by atoms with Crippen LogP contribution in [0.1, 0.15) is 85.2 Å². The fourth-order valence-corrected chi connectivity index (χ4v) is 4.37. The van der Waals surface area contributed by atoms with Crippen molar-refractivity contribution in [3.8, 4) is 11.3 Å². The molecule has 1 saturated heterocycles. The third kappa shape index (κ3) is 6.81. The van der Waals surface area contributed by atoms with E-state index in [0.717, 1.165) is 18.4 Å². The van der Waals surface area contributed by atoms with Crippen molar-refractivity contribution in [1.82, 2.24) is 19.9 Å². The average molecular weight is 534 g/mol. The Kier molecular flexibility index (Phi) is 8.32. The lowest BCUT2D eigenvalue weighted by molar-refractivity contribution is 0.00853. The second-order valence-electron chi connectivity index (χ2n) is 10.5. The van der Waals surface area contributed by atoms with Crippen molar-refractivity contribution in [2.75, 3.05) is 18.5 Å². The lowest BCUT2D eigenvalue weighted by Gasteiger charge is -2.35. The van der Waals surface area contributed by atoms with Gasteiger partial charge < -0.3 is 19.8 Å². The first-order valence-electron chi connectivity index (χ1n) is 13.2. The van der Waals surface area contributed by atoms with E-state index in [1.54, 1.807) is 48.4 Å². The van der Waals surface area contributed by atoms with Crippen LogP contribution in [0.2, 0.25) is 0 Å². The number of aryl methyl sites for hydroxylation is 1. The fraction of sp³-hybridized carbons (Fsp3) is 0.414. The molecule has 3 heterocycles. The summed E-state index contributed by atoms with van der Waals surface area (Å²) >= 11 is 0. The van der Waals surface area contributed by atoms with Crippen LogP contribution in [0, 0.1) is 6.92 Å². The number of ether oxygens (including phenoxy) is 2. The monoisotopic (exact) mass is 533 g/mol. The highest BCUT2D eigenvalue weighted by Gasteiger charge is 2.34. The molecule has 0 bridgehead atoms. The minimum absolute atomic E-state index is 0.197. The number of piperidine rings is 1. The van der Waals surface area contributed by atoms with Crippen molar-refractivity contribution < 1.29 is 23.9 Å². The number of aromatic nitrogens is 3. The van der Waals surface area contributed by atoms with E-state index in [1.165, 1.54) is 0 Å². The number of hydrogen-bond donors (Lipinski definition) is 2. The van der Waals surface area contributed by atoms with Gasteiger partial charge in [-0.1, -0.05) is 18.2 Å². The molecule has 3 aromatic rings. The SMILES string of the molecule is CCOC(=O)c1[nH]c(C2CCCCN2C(=O)OC(C)(C)C)nc1-c1ccc(C(=O)Nc2ccc(C)cn2)cc1. The van der Waals surface area contributed by atoms with Crippen molar-refractivity contribution in [2.24, 2.45) is 0 Å². The first kappa shape index (κ1) is 27.8. The standard InChI is InChI=1S/C29H35N5O5/c1-6-38-27(36)24-23(19-11-13-20(14-12-19)26(35)31-22-15-10-18(2)17-30-22)32-25(33-24)21-9-7-8-16-34(21)28(37)39-29(3,4)5/h10-15,17,21H,6-9,16H2,1-5H3,(H,32,33)(H,30,31,35). The number of benzene rings is 1. The zero-order valence-corrected chi connectivity index (χ0v) is 23.0. The van der Waals surface area contributed by atoms with Crippen LogP contribution < -0.4 is 5.32 Å². The van der Waals surface area contributed by atoms with Gasteiger partial charge >= 0.3 is 12.1 Å². The van der Waals surface area contributed by atoms with Gasteiger partial charge in [0.2, 0.25) is 0 Å². The summed E-state index contributed by atoms with van der Waals surface area (Å²) in [6, 6.07) is 10.0. The van der Waals surface area contributed by atoms with Crippen LogP contribution in [0.4, 0.5) is 10.6 Å². The molecule has 2 N–H and O–H groups in total. The predicted octanol–water partition coefficient (Wildman–Crippen LogP) is 5.67. The number of aromatic amines is 1. The highest BCUT2D eigenvalue weighted by atomic mass is 16.6. The molecule has 10 nitrogen and oxygen atoms in total. The van der Waals surface area contributed by atoms with E-state index in [0.29, 0.717) is 41.4 Å². The molecule has 0 spiro atoms. The summed E-state index contributed by atoms with van der Waals surface area (Å²) in [6.45, 7) is 9.87. The van der Waals surface area contributed by atoms with Gasteiger partial charge in [0.05, 0.1) is 12.6 Å². The minimum atomic E-state index is -0.632. The molecule has 0 radical (unpaired) electrons. The van der Waals surface area contributed by atoms with Crippen LogP contribution in [0.3, 0.4) is 0 Å². The normalized spacial score (nSPS) is 15.5. The number of hydrogen-bond acceptors (Lipinski definition) is 7. The van der Waals surface area contributed by atoms with Gasteiger partial charge in [0.25, 0.3) is 5.91 Å². The summed E-state index contributed by atoms with van der Waals surface area (Å²) in [7, 11) is 0. The predicted molar refractivity (Wildman–Crippen MR) is 146 cm³/mol. The number of pyridine rings is 1. The number of nitrogens with zero attached hydrogens (tertiary/aromatic N) is 3. The van der Waals surface area contributed by atoms with Gasteiger partial charge in [-0.3, -0.25) is 9.69 Å². The van der Waals surface area contributed by atoms with Crippen molar-refractivity contribution in [3.05, 3.63) is 65.2 Å². The lowest BCUT2D eigenvalue weighted by atomic mass is 10.0. The third-order valence-corrected chi connectivity index (χ3v) is 6.22. The van der Waals surface area contributed by atoms with Gasteiger partial charge in [0.1, 0.15) is 22.9 Å². The summed E-state index contributed by atoms with van der Waals surface area (Å²) in [6.07, 6.45) is 3.72. The summed E-state index contributed by atoms with van der Waals surface area (Å²) in [4.78, 5) is 52.3. The maximum absolute atomic E-state index is 13.0. The van der Waals surface area contributed by atoms with E-state index in [9.17, 15) is 14.4 Å². The molecule has 1 aliphatic rings. The van der Waals surface area contributed by atoms with Gasteiger partial charge in [0, 0.05) is 23.9 Å². The third-order valence-electron chi connectivity index (χ3n) is 6.22. The number of anilines is 1. The Morgan fingerprint density at radius 1 is 1.10 bits per heavy atom. The van der Waals surface area contributed by atoms with E-state index >= 15 is 0 Å². The second kappa shape index (κ2) is 11.7. The number of nitrogens with one attached hydrogen (secondary N) is 2. The Hall–Kier alpha value is -4.21. The molecular formula is C29H35N5O5. The Labute approximate surface area is 228 Å². The zero-order chi connectivity index (χ0) is 28.2. The lowest BCUT2D eigenvalue weighted by Crippen LogP contribution is -2.42. The Morgan fingerprint density at radius 2 is 1.85 bits per heavy atom. The highest BCUT2D eigenvalue weighted by Crippen LogP contribution is 2.33. The first-order valence-corrected chi connectivity index (χ1v) is 13.2. The number of esters is 1. The number of carbonyl (C=O) groups excluding carboxylic acids is 3. The number of amides is 2. The molecular weight excluding hydrogens is 498 g/mol. The highest BCUT2D eigenvalue weighted by molar-refractivity contribution is 6.04. The summed E-state index contributed by atoms with van der Waals surface area (Å²) in [5.74, 6) is 0.101. The molecule has 2 aromatic heterocycles. The molecule has 0 saturated carbocycles. The average Bonchev–Trinajstić information content (AvgIpc) is 3.35. The van der Waals surface area contributed by atoms with Gasteiger partial charge in [-0.05, 0) is 77.6 Å². The summed E-state index contributed by atoms with van der Waals surface area (Å²) < 4.78 is 10.9. The molecule has 39 heavy (non-hydrogen) atoms.